The first-order valence-corrected chi connectivity index (χ1v) is 9.63. The van der Waals surface area contributed by atoms with Gasteiger partial charge in [0, 0.05) is 0 Å². The van der Waals surface area contributed by atoms with E-state index in [0.717, 1.165) is 51.4 Å². The van der Waals surface area contributed by atoms with E-state index in [0.29, 0.717) is 0 Å². The van der Waals surface area contributed by atoms with Gasteiger partial charge in [-0.05, 0) is 79.1 Å². The Morgan fingerprint density at radius 1 is 0.692 bits per heavy atom. The Kier molecular flexibility index (Phi) is 5.99. The third kappa shape index (κ3) is 3.72. The fraction of sp³-hybridized carbons (Fsp3) is 0.762. The molecule has 2 fully saturated rings. The highest BCUT2D eigenvalue weighted by Gasteiger charge is 2.55. The van der Waals surface area contributed by atoms with Crippen LogP contribution in [0.4, 0.5) is 4.79 Å². The predicted molar refractivity (Wildman–Crippen MR) is 101 cm³/mol. The Labute approximate surface area is 157 Å². The second-order valence-corrected chi connectivity index (χ2v) is 8.36. The van der Waals surface area contributed by atoms with Gasteiger partial charge in [-0.1, -0.05) is 13.2 Å². The van der Waals surface area contributed by atoms with Crippen molar-refractivity contribution in [2.24, 2.45) is 0 Å². The van der Waals surface area contributed by atoms with Crippen molar-refractivity contribution in [2.45, 2.75) is 101 Å². The molecule has 26 heavy (non-hydrogen) atoms. The van der Waals surface area contributed by atoms with Crippen LogP contribution in [0.15, 0.2) is 25.7 Å². The van der Waals surface area contributed by atoms with Crippen LogP contribution in [-0.2, 0) is 18.9 Å². The second-order valence-electron chi connectivity index (χ2n) is 8.36. The van der Waals surface area contributed by atoms with E-state index in [-0.39, 0.29) is 0 Å². The fourth-order valence-electron chi connectivity index (χ4n) is 4.35. The van der Waals surface area contributed by atoms with Crippen molar-refractivity contribution in [3.8, 4) is 0 Å². The lowest BCUT2D eigenvalue weighted by Crippen LogP contribution is -2.59. The molecule has 2 aliphatic rings. The maximum Gasteiger partial charge on any atom is 0.509 e. The van der Waals surface area contributed by atoms with Gasteiger partial charge in [-0.15, -0.1) is 0 Å². The first-order valence-electron chi connectivity index (χ1n) is 9.63. The lowest BCUT2D eigenvalue weighted by Gasteiger charge is -2.50. The zero-order valence-electron chi connectivity index (χ0n) is 16.8. The number of hydrogen-bond donors (Lipinski definition) is 0. The van der Waals surface area contributed by atoms with E-state index in [2.05, 4.69) is 13.2 Å². The largest absolute Gasteiger partial charge is 0.509 e. The molecule has 0 saturated heterocycles. The molecule has 2 saturated carbocycles. The molecule has 0 heterocycles. The summed E-state index contributed by atoms with van der Waals surface area (Å²) in [6, 6.07) is 0. The highest BCUT2D eigenvalue weighted by Crippen LogP contribution is 2.45. The molecule has 2 rings (SSSR count). The van der Waals surface area contributed by atoms with E-state index in [9.17, 15) is 4.79 Å². The van der Waals surface area contributed by atoms with Crippen LogP contribution < -0.4 is 0 Å². The van der Waals surface area contributed by atoms with Gasteiger partial charge in [0.1, 0.15) is 11.2 Å². The summed E-state index contributed by atoms with van der Waals surface area (Å²) in [5.74, 6) is 0. The van der Waals surface area contributed by atoms with E-state index < -0.39 is 28.6 Å². The van der Waals surface area contributed by atoms with E-state index >= 15 is 0 Å². The average molecular weight is 366 g/mol. The Balaban J connectivity index is 2.15. The van der Waals surface area contributed by atoms with Gasteiger partial charge in [-0.25, -0.2) is 4.79 Å². The normalized spacial score (nSPS) is 40.2. The van der Waals surface area contributed by atoms with E-state index in [4.69, 9.17) is 18.9 Å². The molecule has 5 nitrogen and oxygen atoms in total. The summed E-state index contributed by atoms with van der Waals surface area (Å²) in [5.41, 5.74) is -2.75. The first kappa shape index (κ1) is 20.7. The summed E-state index contributed by atoms with van der Waals surface area (Å²) in [4.78, 5) is 12.8. The summed E-state index contributed by atoms with van der Waals surface area (Å²) in [7, 11) is 0. The molecule has 0 aromatic carbocycles. The molecule has 0 aromatic heterocycles. The minimum Gasteiger partial charge on any atom is -0.492 e. The highest BCUT2D eigenvalue weighted by molar-refractivity contribution is 5.62. The lowest BCUT2D eigenvalue weighted by atomic mass is 9.73. The lowest BCUT2D eigenvalue weighted by molar-refractivity contribution is -0.205. The van der Waals surface area contributed by atoms with Gasteiger partial charge in [-0.3, -0.25) is 0 Å². The standard InChI is InChI=1S/C21H34O5/c1-7-23-18(3)13-9-11-15-20(18,5)25-17(22)26-21(6)16-12-10-14-19(21,4)24-8-2/h7-8H,1-2,9-16H2,3-6H3. The predicted octanol–water partition coefficient (Wildman–Crippen LogP) is 5.64. The molecule has 0 aromatic rings. The fourth-order valence-corrected chi connectivity index (χ4v) is 4.35. The van der Waals surface area contributed by atoms with Crippen LogP contribution in [0.25, 0.3) is 0 Å². The van der Waals surface area contributed by atoms with Crippen molar-refractivity contribution in [3.05, 3.63) is 25.7 Å². The molecule has 148 valence electrons. The molecule has 4 atom stereocenters. The number of rotatable bonds is 6. The van der Waals surface area contributed by atoms with Crippen LogP contribution >= 0.6 is 0 Å². The molecule has 0 aliphatic heterocycles. The van der Waals surface area contributed by atoms with Crippen molar-refractivity contribution in [2.75, 3.05) is 0 Å². The summed E-state index contributed by atoms with van der Waals surface area (Å²) in [5, 5.41) is 0. The van der Waals surface area contributed by atoms with Crippen molar-refractivity contribution >= 4 is 6.16 Å². The van der Waals surface area contributed by atoms with Gasteiger partial charge in [0.05, 0.1) is 12.5 Å². The minimum absolute atomic E-state index is 0.611. The molecule has 0 amide bonds. The average Bonchev–Trinajstić information content (AvgIpc) is 2.54. The van der Waals surface area contributed by atoms with E-state index in [1.807, 2.05) is 27.7 Å². The third-order valence-corrected chi connectivity index (χ3v) is 6.66. The van der Waals surface area contributed by atoms with Crippen LogP contribution in [0.2, 0.25) is 0 Å². The summed E-state index contributed by atoms with van der Waals surface area (Å²) in [6.45, 7) is 15.1. The van der Waals surface area contributed by atoms with E-state index in [1.165, 1.54) is 12.5 Å². The van der Waals surface area contributed by atoms with Gasteiger partial charge < -0.3 is 18.9 Å². The van der Waals surface area contributed by atoms with Crippen LogP contribution in [0, 0.1) is 0 Å². The number of ether oxygens (including phenoxy) is 4. The van der Waals surface area contributed by atoms with Gasteiger partial charge in [0.25, 0.3) is 0 Å². The molecule has 0 spiro atoms. The van der Waals surface area contributed by atoms with Crippen molar-refractivity contribution in [3.63, 3.8) is 0 Å². The number of hydrogen-bond acceptors (Lipinski definition) is 5. The molecule has 2 aliphatic carbocycles. The van der Waals surface area contributed by atoms with Gasteiger partial charge in [-0.2, -0.15) is 0 Å². The van der Waals surface area contributed by atoms with Crippen LogP contribution in [0.3, 0.4) is 0 Å². The Bertz CT molecular complexity index is 501. The van der Waals surface area contributed by atoms with Crippen molar-refractivity contribution < 1.29 is 23.7 Å². The second kappa shape index (κ2) is 7.53. The number of carbonyl (C=O) groups is 1. The maximum atomic E-state index is 12.8. The maximum absolute atomic E-state index is 12.8. The van der Waals surface area contributed by atoms with Crippen molar-refractivity contribution in [1.82, 2.24) is 0 Å². The Morgan fingerprint density at radius 3 is 1.31 bits per heavy atom. The molecule has 5 heteroatoms. The summed E-state index contributed by atoms with van der Waals surface area (Å²) >= 11 is 0. The van der Waals surface area contributed by atoms with Crippen LogP contribution in [0.5, 0.6) is 0 Å². The molecule has 0 bridgehead atoms. The van der Waals surface area contributed by atoms with E-state index in [1.54, 1.807) is 0 Å². The molecule has 0 radical (unpaired) electrons. The summed E-state index contributed by atoms with van der Waals surface area (Å²) in [6.07, 6.45) is 9.26. The first-order chi connectivity index (χ1) is 12.1. The number of carbonyl (C=O) groups excluding carboxylic acids is 1. The Hall–Kier alpha value is -1.65. The monoisotopic (exact) mass is 366 g/mol. The molecule has 4 unspecified atom stereocenters. The molecule has 0 N–H and O–H groups in total. The molecular formula is C21H34O5. The quantitative estimate of drug-likeness (QED) is 0.449. The van der Waals surface area contributed by atoms with Gasteiger partial charge in [0.2, 0.25) is 0 Å². The van der Waals surface area contributed by atoms with Gasteiger partial charge >= 0.3 is 6.16 Å². The van der Waals surface area contributed by atoms with Crippen molar-refractivity contribution in [1.29, 1.82) is 0 Å². The zero-order chi connectivity index (χ0) is 19.5. The Morgan fingerprint density at radius 2 is 1.00 bits per heavy atom. The molecular weight excluding hydrogens is 332 g/mol. The summed E-state index contributed by atoms with van der Waals surface area (Å²) < 4.78 is 23.3. The SMILES string of the molecule is C=COC1(C)CCCCC1(C)OC(=O)OC1(C)CCCCC1(C)OC=C. The topological polar surface area (TPSA) is 54.0 Å². The minimum atomic E-state index is -0.767. The van der Waals surface area contributed by atoms with Crippen LogP contribution in [0.1, 0.15) is 79.1 Å². The highest BCUT2D eigenvalue weighted by atomic mass is 16.8. The van der Waals surface area contributed by atoms with Gasteiger partial charge in [0.15, 0.2) is 11.2 Å². The van der Waals surface area contributed by atoms with Crippen LogP contribution in [-0.4, -0.2) is 28.6 Å². The zero-order valence-corrected chi connectivity index (χ0v) is 16.8. The smallest absolute Gasteiger partial charge is 0.492 e. The third-order valence-electron chi connectivity index (χ3n) is 6.66.